The Morgan fingerprint density at radius 1 is 1.09 bits per heavy atom. The van der Waals surface area contributed by atoms with E-state index in [0.29, 0.717) is 29.2 Å². The second-order valence-corrected chi connectivity index (χ2v) is 10.6. The Kier molecular flexibility index (Phi) is 10.4. The largest absolute Gasteiger partial charge is 0.354 e. The Morgan fingerprint density at radius 3 is 2.38 bits per heavy atom. The summed E-state index contributed by atoms with van der Waals surface area (Å²) in [5.41, 5.74) is 1.92. The van der Waals surface area contributed by atoms with E-state index in [-0.39, 0.29) is 12.5 Å². The van der Waals surface area contributed by atoms with Crippen molar-refractivity contribution in [1.82, 2.24) is 10.2 Å². The lowest BCUT2D eigenvalue weighted by atomic mass is 10.1. The first-order chi connectivity index (χ1) is 16.1. The average Bonchev–Trinajstić information content (AvgIpc) is 2.79. The fourth-order valence-electron chi connectivity index (χ4n) is 3.57. The van der Waals surface area contributed by atoms with Crippen molar-refractivity contribution in [2.24, 2.45) is 0 Å². The lowest BCUT2D eigenvalue weighted by Crippen LogP contribution is -2.52. The van der Waals surface area contributed by atoms with Crippen molar-refractivity contribution >= 4 is 39.1 Å². The lowest BCUT2D eigenvalue weighted by Gasteiger charge is -2.32. The summed E-state index contributed by atoms with van der Waals surface area (Å²) in [6, 6.07) is 13.8. The molecule has 9 heteroatoms. The Labute approximate surface area is 208 Å². The molecule has 1 atom stereocenters. The summed E-state index contributed by atoms with van der Waals surface area (Å²) < 4.78 is 26.3. The number of unbranched alkanes of at least 4 members (excludes halogenated alkanes) is 1. The van der Waals surface area contributed by atoms with E-state index < -0.39 is 28.5 Å². The number of amides is 2. The molecule has 34 heavy (non-hydrogen) atoms. The molecule has 2 aromatic carbocycles. The van der Waals surface area contributed by atoms with E-state index in [0.717, 1.165) is 29.0 Å². The number of anilines is 1. The third-order valence-corrected chi connectivity index (χ3v) is 7.20. The summed E-state index contributed by atoms with van der Waals surface area (Å²) in [6.07, 6.45) is 3.37. The van der Waals surface area contributed by atoms with Crippen LogP contribution in [0.4, 0.5) is 5.69 Å². The molecule has 1 unspecified atom stereocenters. The maximum atomic E-state index is 13.5. The molecule has 0 radical (unpaired) electrons. The maximum absolute atomic E-state index is 13.5. The smallest absolute Gasteiger partial charge is 0.244 e. The molecule has 1 N–H and O–H groups in total. The van der Waals surface area contributed by atoms with Crippen molar-refractivity contribution < 1.29 is 18.0 Å². The maximum Gasteiger partial charge on any atom is 0.244 e. The molecule has 0 aliphatic heterocycles. The zero-order chi connectivity index (χ0) is 25.3. The predicted octanol–water partition coefficient (Wildman–Crippen LogP) is 3.79. The van der Waals surface area contributed by atoms with Gasteiger partial charge in [-0.1, -0.05) is 61.3 Å². The van der Waals surface area contributed by atoms with E-state index in [1.54, 1.807) is 32.0 Å². The summed E-state index contributed by atoms with van der Waals surface area (Å²) in [4.78, 5) is 27.7. The Balaban J connectivity index is 2.31. The molecule has 0 aliphatic rings. The van der Waals surface area contributed by atoms with Crippen LogP contribution < -0.4 is 9.62 Å². The zero-order valence-corrected chi connectivity index (χ0v) is 21.8. The number of halogens is 1. The molecule has 0 saturated carbocycles. The van der Waals surface area contributed by atoms with Crippen LogP contribution in [0.3, 0.4) is 0 Å². The van der Waals surface area contributed by atoms with Crippen LogP contribution >= 0.6 is 11.6 Å². The van der Waals surface area contributed by atoms with Crippen molar-refractivity contribution in [3.8, 4) is 0 Å². The van der Waals surface area contributed by atoms with Crippen molar-refractivity contribution in [3.63, 3.8) is 0 Å². The summed E-state index contributed by atoms with van der Waals surface area (Å²) in [6.45, 7) is 5.77. The highest BCUT2D eigenvalue weighted by molar-refractivity contribution is 7.92. The molecular weight excluding hydrogens is 474 g/mol. The van der Waals surface area contributed by atoms with E-state index in [4.69, 9.17) is 11.6 Å². The molecule has 0 fully saturated rings. The van der Waals surface area contributed by atoms with Gasteiger partial charge in [-0.15, -0.1) is 0 Å². The van der Waals surface area contributed by atoms with Gasteiger partial charge in [0.25, 0.3) is 0 Å². The van der Waals surface area contributed by atoms with Crippen LogP contribution in [0.1, 0.15) is 37.8 Å². The lowest BCUT2D eigenvalue weighted by molar-refractivity contribution is -0.138. The van der Waals surface area contributed by atoms with Crippen molar-refractivity contribution in [2.45, 2.75) is 46.1 Å². The topological polar surface area (TPSA) is 86.8 Å². The van der Waals surface area contributed by atoms with Gasteiger partial charge in [-0.2, -0.15) is 0 Å². The number of benzene rings is 2. The summed E-state index contributed by atoms with van der Waals surface area (Å²) in [7, 11) is -3.79. The monoisotopic (exact) mass is 507 g/mol. The fraction of sp³-hybridized carbons (Fsp3) is 0.440. The minimum absolute atomic E-state index is 0.264. The molecule has 2 amide bonds. The highest BCUT2D eigenvalue weighted by Crippen LogP contribution is 2.28. The van der Waals surface area contributed by atoms with Gasteiger partial charge in [0.15, 0.2) is 0 Å². The van der Waals surface area contributed by atoms with E-state index in [2.05, 4.69) is 5.32 Å². The molecule has 0 heterocycles. The molecule has 186 valence electrons. The number of nitrogens with one attached hydrogen (secondary N) is 1. The van der Waals surface area contributed by atoms with Crippen LogP contribution in [0.2, 0.25) is 5.02 Å². The van der Waals surface area contributed by atoms with Gasteiger partial charge < -0.3 is 10.2 Å². The third-order valence-electron chi connectivity index (χ3n) is 5.67. The Bertz CT molecular complexity index is 1080. The normalized spacial score (nSPS) is 12.1. The summed E-state index contributed by atoms with van der Waals surface area (Å²) >= 11 is 6.21. The standard InChI is InChI=1S/C25H34ClN3O4S/c1-5-6-16-27-25(31)20(3)28(17-15-21-11-8-7-9-12-21)24(30)18-29(34(4,32)33)23-14-10-13-22(26)19(23)2/h7-14,20H,5-6,15-18H2,1-4H3,(H,27,31). The minimum atomic E-state index is -3.79. The molecule has 0 spiro atoms. The number of sulfonamides is 1. The number of nitrogens with zero attached hydrogens (tertiary/aromatic N) is 2. The molecule has 7 nitrogen and oxygen atoms in total. The highest BCUT2D eigenvalue weighted by Gasteiger charge is 2.30. The van der Waals surface area contributed by atoms with Gasteiger partial charge in [0.05, 0.1) is 11.9 Å². The Hall–Kier alpha value is -2.58. The number of rotatable bonds is 12. The molecular formula is C25H34ClN3O4S. The van der Waals surface area contributed by atoms with E-state index in [1.165, 1.54) is 4.90 Å². The van der Waals surface area contributed by atoms with Crippen LogP contribution in [0.25, 0.3) is 0 Å². The second-order valence-electron chi connectivity index (χ2n) is 8.30. The van der Waals surface area contributed by atoms with E-state index in [1.807, 2.05) is 37.3 Å². The first kappa shape index (κ1) is 27.7. The Morgan fingerprint density at radius 2 is 1.76 bits per heavy atom. The predicted molar refractivity (Wildman–Crippen MR) is 138 cm³/mol. The number of hydrogen-bond acceptors (Lipinski definition) is 4. The van der Waals surface area contributed by atoms with Crippen LogP contribution in [0.5, 0.6) is 0 Å². The minimum Gasteiger partial charge on any atom is -0.354 e. The van der Waals surface area contributed by atoms with Gasteiger partial charge in [0.2, 0.25) is 21.8 Å². The van der Waals surface area contributed by atoms with Crippen LogP contribution in [0, 0.1) is 6.92 Å². The molecule has 0 aromatic heterocycles. The van der Waals surface area contributed by atoms with Crippen LogP contribution in [-0.4, -0.2) is 57.1 Å². The number of hydrogen-bond donors (Lipinski definition) is 1. The quantitative estimate of drug-likeness (QED) is 0.443. The van der Waals surface area contributed by atoms with Gasteiger partial charge in [-0.3, -0.25) is 13.9 Å². The van der Waals surface area contributed by atoms with Crippen LogP contribution in [0.15, 0.2) is 48.5 Å². The number of carbonyl (C=O) groups is 2. The van der Waals surface area contributed by atoms with Crippen molar-refractivity contribution in [3.05, 3.63) is 64.7 Å². The van der Waals surface area contributed by atoms with Gasteiger partial charge >= 0.3 is 0 Å². The summed E-state index contributed by atoms with van der Waals surface area (Å²) in [5.74, 6) is -0.724. The molecule has 0 bridgehead atoms. The average molecular weight is 508 g/mol. The van der Waals surface area contributed by atoms with Gasteiger partial charge in [0, 0.05) is 18.1 Å². The number of carbonyl (C=O) groups excluding carboxylic acids is 2. The second kappa shape index (κ2) is 12.8. The molecule has 0 aliphatic carbocycles. The zero-order valence-electron chi connectivity index (χ0n) is 20.3. The SMILES string of the molecule is CCCCNC(=O)C(C)N(CCc1ccccc1)C(=O)CN(c1cccc(Cl)c1C)S(C)(=O)=O. The highest BCUT2D eigenvalue weighted by atomic mass is 35.5. The molecule has 2 rings (SSSR count). The third kappa shape index (κ3) is 7.74. The van der Waals surface area contributed by atoms with Gasteiger partial charge in [-0.25, -0.2) is 8.42 Å². The van der Waals surface area contributed by atoms with E-state index in [9.17, 15) is 18.0 Å². The van der Waals surface area contributed by atoms with Crippen molar-refractivity contribution in [2.75, 3.05) is 30.2 Å². The fourth-order valence-corrected chi connectivity index (χ4v) is 4.64. The van der Waals surface area contributed by atoms with Crippen LogP contribution in [-0.2, 0) is 26.0 Å². The van der Waals surface area contributed by atoms with Gasteiger partial charge in [-0.05, 0) is 49.9 Å². The van der Waals surface area contributed by atoms with E-state index >= 15 is 0 Å². The first-order valence-corrected chi connectivity index (χ1v) is 13.6. The summed E-state index contributed by atoms with van der Waals surface area (Å²) in [5, 5.41) is 3.27. The van der Waals surface area contributed by atoms with Gasteiger partial charge in [0.1, 0.15) is 12.6 Å². The van der Waals surface area contributed by atoms with Crippen molar-refractivity contribution in [1.29, 1.82) is 0 Å². The molecule has 0 saturated heterocycles. The molecule has 2 aromatic rings. The first-order valence-electron chi connectivity index (χ1n) is 11.4.